The van der Waals surface area contributed by atoms with E-state index < -0.39 is 0 Å². The van der Waals surface area contributed by atoms with Gasteiger partial charge in [0, 0.05) is 19.7 Å². The van der Waals surface area contributed by atoms with Crippen LogP contribution in [0, 0.1) is 5.92 Å². The van der Waals surface area contributed by atoms with Gasteiger partial charge in [0.05, 0.1) is 12.6 Å². The van der Waals surface area contributed by atoms with Crippen LogP contribution >= 0.6 is 0 Å². The van der Waals surface area contributed by atoms with Gasteiger partial charge in [-0.3, -0.25) is 4.79 Å². The van der Waals surface area contributed by atoms with Gasteiger partial charge in [-0.25, -0.2) is 0 Å². The summed E-state index contributed by atoms with van der Waals surface area (Å²) in [6.45, 7) is 8.76. The molecule has 1 amide bonds. The molecule has 19 heavy (non-hydrogen) atoms. The van der Waals surface area contributed by atoms with Crippen molar-refractivity contribution in [3.05, 3.63) is 0 Å². The lowest BCUT2D eigenvalue weighted by atomic mass is 9.91. The zero-order valence-electron chi connectivity index (χ0n) is 12.9. The van der Waals surface area contributed by atoms with Crippen molar-refractivity contribution in [1.82, 2.24) is 10.2 Å². The molecule has 2 unspecified atom stereocenters. The monoisotopic (exact) mass is 270 g/mol. The first-order valence-electron chi connectivity index (χ1n) is 7.68. The molecule has 1 rings (SSSR count). The first kappa shape index (κ1) is 16.4. The van der Waals surface area contributed by atoms with Gasteiger partial charge in [0.1, 0.15) is 0 Å². The van der Waals surface area contributed by atoms with E-state index >= 15 is 0 Å². The third-order valence-electron chi connectivity index (χ3n) is 4.24. The van der Waals surface area contributed by atoms with Crippen molar-refractivity contribution < 1.29 is 9.53 Å². The smallest absolute Gasteiger partial charge is 0.240 e. The second-order valence-corrected chi connectivity index (χ2v) is 5.55. The maximum atomic E-state index is 12.8. The van der Waals surface area contributed by atoms with E-state index in [2.05, 4.69) is 26.1 Å². The third-order valence-corrected chi connectivity index (χ3v) is 4.24. The topological polar surface area (TPSA) is 41.6 Å². The molecule has 4 heteroatoms. The molecule has 112 valence electrons. The van der Waals surface area contributed by atoms with Gasteiger partial charge in [0.25, 0.3) is 0 Å². The number of hydrogen-bond acceptors (Lipinski definition) is 3. The van der Waals surface area contributed by atoms with Crippen LogP contribution in [0.25, 0.3) is 0 Å². The van der Waals surface area contributed by atoms with Crippen LogP contribution in [-0.2, 0) is 9.53 Å². The Bertz CT molecular complexity index is 267. The SMILES string of the molecule is CCC(CC)N(CCOC)C(=O)C1NCCCC1C. The zero-order valence-corrected chi connectivity index (χ0v) is 12.9. The van der Waals surface area contributed by atoms with Crippen LogP contribution in [0.2, 0.25) is 0 Å². The molecular weight excluding hydrogens is 240 g/mol. The van der Waals surface area contributed by atoms with E-state index in [0.29, 0.717) is 25.1 Å². The number of carbonyl (C=O) groups excluding carboxylic acids is 1. The van der Waals surface area contributed by atoms with E-state index in [1.807, 2.05) is 4.90 Å². The van der Waals surface area contributed by atoms with Crippen LogP contribution in [0.3, 0.4) is 0 Å². The van der Waals surface area contributed by atoms with Crippen molar-refractivity contribution in [2.45, 2.75) is 58.5 Å². The standard InChI is InChI=1S/C15H30N2O2/c1-5-13(6-2)17(10-11-19-4)15(18)14-12(3)8-7-9-16-14/h12-14,16H,5-11H2,1-4H3. The van der Waals surface area contributed by atoms with Crippen molar-refractivity contribution in [3.63, 3.8) is 0 Å². The summed E-state index contributed by atoms with van der Waals surface area (Å²) in [7, 11) is 1.69. The quantitative estimate of drug-likeness (QED) is 0.770. The molecule has 1 N–H and O–H groups in total. The number of piperidine rings is 1. The Morgan fingerprint density at radius 1 is 1.42 bits per heavy atom. The molecule has 1 heterocycles. The summed E-state index contributed by atoms with van der Waals surface area (Å²) >= 11 is 0. The molecule has 0 bridgehead atoms. The second-order valence-electron chi connectivity index (χ2n) is 5.55. The first-order chi connectivity index (χ1) is 9.15. The van der Waals surface area contributed by atoms with Gasteiger partial charge in [-0.2, -0.15) is 0 Å². The number of nitrogens with one attached hydrogen (secondary N) is 1. The van der Waals surface area contributed by atoms with Crippen LogP contribution in [0.4, 0.5) is 0 Å². The Kier molecular flexibility index (Phi) is 7.39. The summed E-state index contributed by atoms with van der Waals surface area (Å²) in [6.07, 6.45) is 4.33. The number of rotatable bonds is 7. The molecule has 2 atom stereocenters. The molecule has 1 saturated heterocycles. The Morgan fingerprint density at radius 3 is 2.63 bits per heavy atom. The maximum Gasteiger partial charge on any atom is 0.240 e. The molecule has 0 spiro atoms. The van der Waals surface area contributed by atoms with Crippen molar-refractivity contribution in [3.8, 4) is 0 Å². The van der Waals surface area contributed by atoms with E-state index in [9.17, 15) is 4.79 Å². The summed E-state index contributed by atoms with van der Waals surface area (Å²) < 4.78 is 5.16. The van der Waals surface area contributed by atoms with E-state index in [0.717, 1.165) is 25.8 Å². The van der Waals surface area contributed by atoms with E-state index in [4.69, 9.17) is 4.74 Å². The fourth-order valence-corrected chi connectivity index (χ4v) is 2.95. The number of ether oxygens (including phenoxy) is 1. The minimum absolute atomic E-state index is 0.00814. The Labute approximate surface area is 117 Å². The average Bonchev–Trinajstić information content (AvgIpc) is 2.43. The second kappa shape index (κ2) is 8.54. The van der Waals surface area contributed by atoms with E-state index in [-0.39, 0.29) is 11.9 Å². The molecule has 4 nitrogen and oxygen atoms in total. The molecule has 1 aliphatic rings. The van der Waals surface area contributed by atoms with Crippen molar-refractivity contribution in [1.29, 1.82) is 0 Å². The van der Waals surface area contributed by atoms with Gasteiger partial charge in [-0.1, -0.05) is 20.8 Å². The number of hydrogen-bond donors (Lipinski definition) is 1. The zero-order chi connectivity index (χ0) is 14.3. The van der Waals surface area contributed by atoms with Crippen LogP contribution in [-0.4, -0.2) is 49.7 Å². The van der Waals surface area contributed by atoms with Gasteiger partial charge < -0.3 is 15.0 Å². The molecule has 0 aromatic heterocycles. The number of amides is 1. The number of methoxy groups -OCH3 is 1. The maximum absolute atomic E-state index is 12.8. The molecule has 0 aromatic rings. The van der Waals surface area contributed by atoms with Gasteiger partial charge in [0.15, 0.2) is 0 Å². The van der Waals surface area contributed by atoms with Crippen molar-refractivity contribution in [2.75, 3.05) is 26.8 Å². The molecular formula is C15H30N2O2. The number of nitrogens with zero attached hydrogens (tertiary/aromatic N) is 1. The summed E-state index contributed by atoms with van der Waals surface area (Å²) in [5.41, 5.74) is 0. The summed E-state index contributed by atoms with van der Waals surface area (Å²) in [6, 6.07) is 0.324. The predicted octanol–water partition coefficient (Wildman–Crippen LogP) is 2.04. The van der Waals surface area contributed by atoms with Crippen LogP contribution in [0.15, 0.2) is 0 Å². The van der Waals surface area contributed by atoms with Gasteiger partial charge in [-0.05, 0) is 38.1 Å². The fraction of sp³-hybridized carbons (Fsp3) is 0.933. The summed E-state index contributed by atoms with van der Waals surface area (Å²) in [4.78, 5) is 14.8. The highest BCUT2D eigenvalue weighted by molar-refractivity contribution is 5.82. The van der Waals surface area contributed by atoms with Crippen LogP contribution in [0.1, 0.15) is 46.5 Å². The average molecular weight is 270 g/mol. The minimum atomic E-state index is -0.00814. The molecule has 0 radical (unpaired) electrons. The van der Waals surface area contributed by atoms with Crippen LogP contribution in [0.5, 0.6) is 0 Å². The van der Waals surface area contributed by atoms with Crippen molar-refractivity contribution >= 4 is 5.91 Å². The lowest BCUT2D eigenvalue weighted by Crippen LogP contribution is -2.55. The van der Waals surface area contributed by atoms with E-state index in [1.54, 1.807) is 7.11 Å². The first-order valence-corrected chi connectivity index (χ1v) is 7.68. The highest BCUT2D eigenvalue weighted by atomic mass is 16.5. The van der Waals surface area contributed by atoms with Gasteiger partial charge >= 0.3 is 0 Å². The Balaban J connectivity index is 2.73. The Hall–Kier alpha value is -0.610. The lowest BCUT2D eigenvalue weighted by molar-refractivity contribution is -0.138. The molecule has 1 aliphatic heterocycles. The minimum Gasteiger partial charge on any atom is -0.383 e. The summed E-state index contributed by atoms with van der Waals surface area (Å²) in [5.74, 6) is 0.693. The molecule has 0 aliphatic carbocycles. The lowest BCUT2D eigenvalue weighted by Gasteiger charge is -2.37. The molecule has 1 fully saturated rings. The fourth-order valence-electron chi connectivity index (χ4n) is 2.95. The Morgan fingerprint density at radius 2 is 2.11 bits per heavy atom. The van der Waals surface area contributed by atoms with Gasteiger partial charge in [0.2, 0.25) is 5.91 Å². The molecule has 0 saturated carbocycles. The third kappa shape index (κ3) is 4.46. The molecule has 0 aromatic carbocycles. The predicted molar refractivity (Wildman–Crippen MR) is 78.1 cm³/mol. The largest absolute Gasteiger partial charge is 0.383 e. The number of carbonyl (C=O) groups is 1. The highest BCUT2D eigenvalue weighted by Crippen LogP contribution is 2.20. The van der Waals surface area contributed by atoms with E-state index in [1.165, 1.54) is 6.42 Å². The van der Waals surface area contributed by atoms with Gasteiger partial charge in [-0.15, -0.1) is 0 Å². The van der Waals surface area contributed by atoms with Crippen molar-refractivity contribution in [2.24, 2.45) is 5.92 Å². The highest BCUT2D eigenvalue weighted by Gasteiger charge is 2.32. The normalized spacial score (nSPS) is 23.6. The van der Waals surface area contributed by atoms with Crippen LogP contribution < -0.4 is 5.32 Å². The summed E-state index contributed by atoms with van der Waals surface area (Å²) in [5, 5.41) is 3.40.